The van der Waals surface area contributed by atoms with Gasteiger partial charge in [0.15, 0.2) is 5.13 Å². The first kappa shape index (κ1) is 19.2. The fourth-order valence-corrected chi connectivity index (χ4v) is 3.63. The second-order valence-corrected chi connectivity index (χ2v) is 7.52. The molecule has 10 heteroatoms. The monoisotopic (exact) mass is 431 g/mol. The average molecular weight is 432 g/mol. The Morgan fingerprint density at radius 2 is 2.14 bits per heavy atom. The van der Waals surface area contributed by atoms with Gasteiger partial charge in [-0.2, -0.15) is 0 Å². The van der Waals surface area contributed by atoms with Crippen molar-refractivity contribution in [1.29, 1.82) is 0 Å². The number of anilines is 3. The first-order chi connectivity index (χ1) is 14.0. The number of carbonyl (C=O) groups is 1. The van der Waals surface area contributed by atoms with E-state index in [4.69, 9.17) is 16.0 Å². The average Bonchev–Trinajstić information content (AvgIpc) is 3.34. The number of fused-ring (bicyclic) bond motifs is 1. The molecule has 0 saturated heterocycles. The molecule has 4 rings (SSSR count). The van der Waals surface area contributed by atoms with E-state index in [2.05, 4.69) is 20.6 Å². The van der Waals surface area contributed by atoms with Gasteiger partial charge in [0.05, 0.1) is 18.2 Å². The maximum absolute atomic E-state index is 14.2. The van der Waals surface area contributed by atoms with E-state index in [0.29, 0.717) is 38.6 Å². The van der Waals surface area contributed by atoms with Crippen molar-refractivity contribution < 1.29 is 13.6 Å². The van der Waals surface area contributed by atoms with Crippen molar-refractivity contribution in [3.63, 3.8) is 0 Å². The lowest BCUT2D eigenvalue weighted by Crippen LogP contribution is -2.27. The van der Waals surface area contributed by atoms with Gasteiger partial charge in [-0.1, -0.05) is 22.9 Å². The van der Waals surface area contributed by atoms with Gasteiger partial charge < -0.3 is 14.6 Å². The fraction of sp³-hybridized carbons (Fsp3) is 0.105. The number of nitrogens with zero attached hydrogens (tertiary/aromatic N) is 3. The van der Waals surface area contributed by atoms with Crippen molar-refractivity contribution in [3.8, 4) is 0 Å². The topological polar surface area (TPSA) is 83.3 Å². The van der Waals surface area contributed by atoms with Gasteiger partial charge in [-0.15, -0.1) is 0 Å². The molecule has 0 saturated carbocycles. The zero-order valence-electron chi connectivity index (χ0n) is 15.1. The maximum Gasteiger partial charge on any atom is 0.321 e. The summed E-state index contributed by atoms with van der Waals surface area (Å²) in [5.74, 6) is 0.0983. The molecular formula is C19H15ClFN5O2S. The Kier molecular flexibility index (Phi) is 5.32. The van der Waals surface area contributed by atoms with Gasteiger partial charge in [-0.25, -0.2) is 19.2 Å². The predicted molar refractivity (Wildman–Crippen MR) is 111 cm³/mol. The number of amides is 2. The lowest BCUT2D eigenvalue weighted by molar-refractivity contribution is 0.251. The van der Waals surface area contributed by atoms with Crippen molar-refractivity contribution in [3.05, 3.63) is 65.3 Å². The summed E-state index contributed by atoms with van der Waals surface area (Å²) in [4.78, 5) is 23.2. The van der Waals surface area contributed by atoms with Crippen molar-refractivity contribution in [2.24, 2.45) is 0 Å². The first-order valence-corrected chi connectivity index (χ1v) is 9.71. The number of hydrogen-bond donors (Lipinski definition) is 2. The van der Waals surface area contributed by atoms with Crippen molar-refractivity contribution >= 4 is 56.0 Å². The largest absolute Gasteiger partial charge is 0.472 e. The van der Waals surface area contributed by atoms with Crippen LogP contribution in [0.5, 0.6) is 0 Å². The number of halogens is 2. The molecule has 0 bridgehead atoms. The molecule has 0 aliphatic carbocycles. The summed E-state index contributed by atoms with van der Waals surface area (Å²) in [6, 6.07) is 9.35. The number of rotatable bonds is 5. The Hall–Kier alpha value is -3.17. The third-order valence-electron chi connectivity index (χ3n) is 4.11. The van der Waals surface area contributed by atoms with Gasteiger partial charge in [0, 0.05) is 24.2 Å². The Labute approximate surface area is 174 Å². The number of aromatic nitrogens is 2. The molecule has 3 aromatic heterocycles. The molecule has 0 aliphatic rings. The second-order valence-electron chi connectivity index (χ2n) is 6.11. The third kappa shape index (κ3) is 4.30. The number of thiazole rings is 1. The number of hydrogen-bond acceptors (Lipinski definition) is 6. The van der Waals surface area contributed by atoms with Crippen LogP contribution < -0.4 is 15.5 Å². The highest BCUT2D eigenvalue weighted by Crippen LogP contribution is 2.30. The standard InChI is InChI=1S/C19H15ClFN5O2S/c1-26(15-4-2-12(20)8-13(15)21)16-5-3-14-17(24-16)29-19(23-14)25-18(27)22-9-11-6-7-28-10-11/h2-8,10H,9H2,1H3,(H2,22,23,25,27). The highest BCUT2D eigenvalue weighted by Gasteiger charge is 2.14. The fourth-order valence-electron chi connectivity index (χ4n) is 2.64. The number of carbonyl (C=O) groups excluding carboxylic acids is 1. The molecule has 4 aromatic rings. The van der Waals surface area contributed by atoms with Crippen molar-refractivity contribution in [2.75, 3.05) is 17.3 Å². The number of furan rings is 1. The second kappa shape index (κ2) is 8.06. The van der Waals surface area contributed by atoms with E-state index in [-0.39, 0.29) is 6.03 Å². The number of urea groups is 1. The van der Waals surface area contributed by atoms with Crippen LogP contribution in [-0.4, -0.2) is 23.0 Å². The molecule has 0 atom stereocenters. The van der Waals surface area contributed by atoms with E-state index in [1.165, 1.54) is 17.4 Å². The van der Waals surface area contributed by atoms with Gasteiger partial charge in [-0.05, 0) is 36.4 Å². The minimum Gasteiger partial charge on any atom is -0.472 e. The minimum atomic E-state index is -0.442. The van der Waals surface area contributed by atoms with Crippen molar-refractivity contribution in [1.82, 2.24) is 15.3 Å². The van der Waals surface area contributed by atoms with Crippen LogP contribution >= 0.6 is 22.9 Å². The normalized spacial score (nSPS) is 10.9. The minimum absolute atomic E-state index is 0.326. The number of nitrogens with one attached hydrogen (secondary N) is 2. The van der Waals surface area contributed by atoms with Crippen LogP contribution in [0.2, 0.25) is 5.02 Å². The van der Waals surface area contributed by atoms with Gasteiger partial charge in [-0.3, -0.25) is 5.32 Å². The summed E-state index contributed by atoms with van der Waals surface area (Å²) in [5.41, 5.74) is 1.84. The predicted octanol–water partition coefficient (Wildman–Crippen LogP) is 5.17. The molecule has 0 radical (unpaired) electrons. The molecule has 3 heterocycles. The van der Waals surface area contributed by atoms with Crippen LogP contribution in [0, 0.1) is 5.82 Å². The van der Waals surface area contributed by atoms with E-state index in [1.54, 1.807) is 54.8 Å². The quantitative estimate of drug-likeness (QED) is 0.455. The van der Waals surface area contributed by atoms with E-state index in [0.717, 1.165) is 5.56 Å². The summed E-state index contributed by atoms with van der Waals surface area (Å²) in [7, 11) is 1.71. The van der Waals surface area contributed by atoms with Crippen LogP contribution in [0.25, 0.3) is 10.3 Å². The number of benzene rings is 1. The molecule has 29 heavy (non-hydrogen) atoms. The summed E-state index contributed by atoms with van der Waals surface area (Å²) in [6.07, 6.45) is 3.10. The zero-order valence-corrected chi connectivity index (χ0v) is 16.7. The Bertz CT molecular complexity index is 1160. The Balaban J connectivity index is 1.49. The van der Waals surface area contributed by atoms with Crippen molar-refractivity contribution in [2.45, 2.75) is 6.54 Å². The lowest BCUT2D eigenvalue weighted by atomic mass is 10.2. The number of pyridine rings is 1. The summed E-state index contributed by atoms with van der Waals surface area (Å²) in [5, 5.41) is 6.14. The lowest BCUT2D eigenvalue weighted by Gasteiger charge is -2.18. The van der Waals surface area contributed by atoms with Crippen LogP contribution in [0.15, 0.2) is 53.3 Å². The molecule has 0 unspecified atom stereocenters. The molecule has 0 spiro atoms. The summed E-state index contributed by atoms with van der Waals surface area (Å²) >= 11 is 7.04. The van der Waals surface area contributed by atoms with Crippen LogP contribution in [0.4, 0.5) is 25.8 Å². The van der Waals surface area contributed by atoms with Gasteiger partial charge in [0.2, 0.25) is 0 Å². The van der Waals surface area contributed by atoms with Gasteiger partial charge in [0.1, 0.15) is 22.0 Å². The maximum atomic E-state index is 14.2. The summed E-state index contributed by atoms with van der Waals surface area (Å²) < 4.78 is 19.2. The molecule has 2 N–H and O–H groups in total. The smallest absolute Gasteiger partial charge is 0.321 e. The van der Waals surface area contributed by atoms with E-state index < -0.39 is 5.82 Å². The zero-order chi connectivity index (χ0) is 20.4. The van der Waals surface area contributed by atoms with Crippen LogP contribution in [-0.2, 0) is 6.54 Å². The highest BCUT2D eigenvalue weighted by molar-refractivity contribution is 7.22. The van der Waals surface area contributed by atoms with Gasteiger partial charge >= 0.3 is 6.03 Å². The van der Waals surface area contributed by atoms with E-state index >= 15 is 0 Å². The molecule has 0 fully saturated rings. The molecule has 1 aromatic carbocycles. The summed E-state index contributed by atoms with van der Waals surface area (Å²) in [6.45, 7) is 0.340. The van der Waals surface area contributed by atoms with Crippen LogP contribution in [0.3, 0.4) is 0 Å². The van der Waals surface area contributed by atoms with Crippen LogP contribution in [0.1, 0.15) is 5.56 Å². The molecule has 0 aliphatic heterocycles. The molecule has 7 nitrogen and oxygen atoms in total. The van der Waals surface area contributed by atoms with Gasteiger partial charge in [0.25, 0.3) is 0 Å². The Morgan fingerprint density at radius 1 is 1.28 bits per heavy atom. The molecular weight excluding hydrogens is 417 g/mol. The SMILES string of the molecule is CN(c1ccc2nc(NC(=O)NCc3ccoc3)sc2n1)c1ccc(Cl)cc1F. The third-order valence-corrected chi connectivity index (χ3v) is 5.22. The Morgan fingerprint density at radius 3 is 2.90 bits per heavy atom. The molecule has 2 amide bonds. The molecule has 148 valence electrons. The highest BCUT2D eigenvalue weighted by atomic mass is 35.5. The first-order valence-electron chi connectivity index (χ1n) is 8.52. The van der Waals surface area contributed by atoms with E-state index in [9.17, 15) is 9.18 Å². The van der Waals surface area contributed by atoms with E-state index in [1.807, 2.05) is 0 Å².